The molecule has 0 spiro atoms. The Kier molecular flexibility index (Phi) is 4.28. The van der Waals surface area contributed by atoms with Gasteiger partial charge in [-0.1, -0.05) is 44.2 Å². The molecule has 5 nitrogen and oxygen atoms in total. The van der Waals surface area contributed by atoms with Crippen LogP contribution in [0.3, 0.4) is 0 Å². The number of aromatic nitrogens is 3. The highest BCUT2D eigenvalue weighted by atomic mass is 16.2. The van der Waals surface area contributed by atoms with Crippen molar-refractivity contribution in [3.8, 4) is 0 Å². The summed E-state index contributed by atoms with van der Waals surface area (Å²) in [7, 11) is 0. The zero-order valence-corrected chi connectivity index (χ0v) is 11.2. The van der Waals surface area contributed by atoms with Crippen LogP contribution in [0.25, 0.3) is 0 Å². The molecular formula is C14H18N4O. The fourth-order valence-corrected chi connectivity index (χ4v) is 1.62. The SMILES string of the molecule is CC[C@H](C)C(=O)Nc1ncn(Cc2ccccc2)n1. The highest BCUT2D eigenvalue weighted by molar-refractivity contribution is 5.90. The van der Waals surface area contributed by atoms with Crippen LogP contribution in [0.4, 0.5) is 5.95 Å². The zero-order chi connectivity index (χ0) is 13.7. The lowest BCUT2D eigenvalue weighted by Gasteiger charge is -2.06. The van der Waals surface area contributed by atoms with Crippen molar-refractivity contribution < 1.29 is 4.79 Å². The molecule has 1 aromatic heterocycles. The third-order valence-electron chi connectivity index (χ3n) is 3.02. The zero-order valence-electron chi connectivity index (χ0n) is 11.2. The van der Waals surface area contributed by atoms with Gasteiger partial charge in [-0.15, -0.1) is 5.10 Å². The molecule has 1 amide bonds. The maximum absolute atomic E-state index is 11.7. The van der Waals surface area contributed by atoms with Gasteiger partial charge in [0.05, 0.1) is 6.54 Å². The molecule has 0 aliphatic rings. The first-order valence-electron chi connectivity index (χ1n) is 6.43. The molecular weight excluding hydrogens is 240 g/mol. The van der Waals surface area contributed by atoms with E-state index in [1.165, 1.54) is 0 Å². The Morgan fingerprint density at radius 2 is 2.11 bits per heavy atom. The Hall–Kier alpha value is -2.17. The lowest BCUT2D eigenvalue weighted by Crippen LogP contribution is -2.20. The fraction of sp³-hybridized carbons (Fsp3) is 0.357. The van der Waals surface area contributed by atoms with E-state index < -0.39 is 0 Å². The number of anilines is 1. The predicted octanol–water partition coefficient (Wildman–Crippen LogP) is 2.31. The van der Waals surface area contributed by atoms with Crippen LogP contribution in [0.1, 0.15) is 25.8 Å². The molecule has 2 aromatic rings. The van der Waals surface area contributed by atoms with Gasteiger partial charge in [-0.2, -0.15) is 0 Å². The van der Waals surface area contributed by atoms with E-state index in [1.54, 1.807) is 11.0 Å². The third-order valence-corrected chi connectivity index (χ3v) is 3.02. The highest BCUT2D eigenvalue weighted by Gasteiger charge is 2.12. The Labute approximate surface area is 112 Å². The van der Waals surface area contributed by atoms with Crippen LogP contribution in [-0.4, -0.2) is 20.7 Å². The van der Waals surface area contributed by atoms with Gasteiger partial charge in [-0.3, -0.25) is 10.1 Å². The van der Waals surface area contributed by atoms with E-state index in [1.807, 2.05) is 44.2 Å². The minimum atomic E-state index is -0.0417. The number of carbonyl (C=O) groups excluding carboxylic acids is 1. The van der Waals surface area contributed by atoms with Crippen molar-refractivity contribution in [2.75, 3.05) is 5.32 Å². The topological polar surface area (TPSA) is 59.8 Å². The van der Waals surface area contributed by atoms with Crippen molar-refractivity contribution in [2.24, 2.45) is 5.92 Å². The number of rotatable bonds is 5. The molecule has 0 unspecified atom stereocenters. The van der Waals surface area contributed by atoms with Crippen LogP contribution < -0.4 is 5.32 Å². The first-order valence-corrected chi connectivity index (χ1v) is 6.43. The summed E-state index contributed by atoms with van der Waals surface area (Å²) >= 11 is 0. The fourth-order valence-electron chi connectivity index (χ4n) is 1.62. The van der Waals surface area contributed by atoms with Crippen LogP contribution >= 0.6 is 0 Å². The summed E-state index contributed by atoms with van der Waals surface area (Å²) in [4.78, 5) is 15.8. The molecule has 1 heterocycles. The van der Waals surface area contributed by atoms with Crippen LogP contribution in [0.15, 0.2) is 36.7 Å². The minimum Gasteiger partial charge on any atom is -0.293 e. The van der Waals surface area contributed by atoms with Crippen molar-refractivity contribution in [3.63, 3.8) is 0 Å². The summed E-state index contributed by atoms with van der Waals surface area (Å²) in [6, 6.07) is 10.00. The maximum atomic E-state index is 11.7. The summed E-state index contributed by atoms with van der Waals surface area (Å²) < 4.78 is 1.71. The van der Waals surface area contributed by atoms with E-state index in [2.05, 4.69) is 15.4 Å². The number of carbonyl (C=O) groups is 1. The van der Waals surface area contributed by atoms with Crippen molar-refractivity contribution in [1.29, 1.82) is 0 Å². The molecule has 100 valence electrons. The summed E-state index contributed by atoms with van der Waals surface area (Å²) in [5, 5.41) is 6.95. The number of benzene rings is 1. The van der Waals surface area contributed by atoms with Crippen LogP contribution in [-0.2, 0) is 11.3 Å². The first kappa shape index (κ1) is 13.3. The van der Waals surface area contributed by atoms with Crippen LogP contribution in [0, 0.1) is 5.92 Å². The van der Waals surface area contributed by atoms with E-state index in [-0.39, 0.29) is 11.8 Å². The van der Waals surface area contributed by atoms with Crippen LogP contribution in [0.5, 0.6) is 0 Å². The molecule has 0 radical (unpaired) electrons. The van der Waals surface area contributed by atoms with Crippen molar-refractivity contribution >= 4 is 11.9 Å². The minimum absolute atomic E-state index is 0.0268. The van der Waals surface area contributed by atoms with Gasteiger partial charge in [-0.05, 0) is 12.0 Å². The number of amides is 1. The molecule has 0 fully saturated rings. The van der Waals surface area contributed by atoms with Crippen molar-refractivity contribution in [1.82, 2.24) is 14.8 Å². The van der Waals surface area contributed by atoms with E-state index in [0.717, 1.165) is 12.0 Å². The van der Waals surface area contributed by atoms with E-state index >= 15 is 0 Å². The normalized spacial score (nSPS) is 12.1. The Bertz CT molecular complexity index is 535. The lowest BCUT2D eigenvalue weighted by molar-refractivity contribution is -0.119. The maximum Gasteiger partial charge on any atom is 0.248 e. The Balaban J connectivity index is 1.98. The molecule has 0 aliphatic carbocycles. The van der Waals surface area contributed by atoms with Gasteiger partial charge in [0.25, 0.3) is 0 Å². The molecule has 19 heavy (non-hydrogen) atoms. The molecule has 0 saturated carbocycles. The number of nitrogens with zero attached hydrogens (tertiary/aromatic N) is 3. The molecule has 0 saturated heterocycles. The summed E-state index contributed by atoms with van der Waals surface area (Å²) in [6.07, 6.45) is 2.43. The number of hydrogen-bond acceptors (Lipinski definition) is 3. The van der Waals surface area contributed by atoms with Gasteiger partial charge >= 0.3 is 0 Å². The monoisotopic (exact) mass is 258 g/mol. The van der Waals surface area contributed by atoms with Crippen molar-refractivity contribution in [3.05, 3.63) is 42.2 Å². The Morgan fingerprint density at radius 1 is 1.37 bits per heavy atom. The van der Waals surface area contributed by atoms with E-state index in [9.17, 15) is 4.79 Å². The second-order valence-electron chi connectivity index (χ2n) is 4.55. The summed E-state index contributed by atoms with van der Waals surface area (Å²) in [5.41, 5.74) is 1.15. The second kappa shape index (κ2) is 6.13. The number of hydrogen-bond donors (Lipinski definition) is 1. The van der Waals surface area contributed by atoms with E-state index in [0.29, 0.717) is 12.5 Å². The van der Waals surface area contributed by atoms with Crippen molar-refractivity contribution in [2.45, 2.75) is 26.8 Å². The molecule has 0 aliphatic heterocycles. The molecule has 1 N–H and O–H groups in total. The largest absolute Gasteiger partial charge is 0.293 e. The average molecular weight is 258 g/mol. The Morgan fingerprint density at radius 3 is 2.79 bits per heavy atom. The van der Waals surface area contributed by atoms with Gasteiger partial charge in [0.2, 0.25) is 11.9 Å². The quantitative estimate of drug-likeness (QED) is 0.895. The first-order chi connectivity index (χ1) is 9.19. The average Bonchev–Trinajstić information content (AvgIpc) is 2.86. The summed E-state index contributed by atoms with van der Waals surface area (Å²) in [5.74, 6) is 0.294. The predicted molar refractivity (Wildman–Crippen MR) is 73.7 cm³/mol. The van der Waals surface area contributed by atoms with Crippen LogP contribution in [0.2, 0.25) is 0 Å². The van der Waals surface area contributed by atoms with Gasteiger partial charge in [0.1, 0.15) is 6.33 Å². The molecule has 5 heteroatoms. The third kappa shape index (κ3) is 3.64. The number of nitrogens with one attached hydrogen (secondary N) is 1. The van der Waals surface area contributed by atoms with Gasteiger partial charge in [0, 0.05) is 5.92 Å². The molecule has 0 bridgehead atoms. The van der Waals surface area contributed by atoms with E-state index in [4.69, 9.17) is 0 Å². The molecule has 1 atom stereocenters. The molecule has 1 aromatic carbocycles. The lowest BCUT2D eigenvalue weighted by atomic mass is 10.1. The highest BCUT2D eigenvalue weighted by Crippen LogP contribution is 2.06. The van der Waals surface area contributed by atoms with Gasteiger partial charge < -0.3 is 0 Å². The molecule has 2 rings (SSSR count). The van der Waals surface area contributed by atoms with Gasteiger partial charge in [-0.25, -0.2) is 9.67 Å². The standard InChI is InChI=1S/C14H18N4O/c1-3-11(2)13(19)16-14-15-10-18(17-14)9-12-7-5-4-6-8-12/h4-8,10-11H,3,9H2,1-2H3,(H,16,17,19)/t11-/m0/s1. The van der Waals surface area contributed by atoms with Gasteiger partial charge in [0.15, 0.2) is 0 Å². The summed E-state index contributed by atoms with van der Waals surface area (Å²) in [6.45, 7) is 4.51. The second-order valence-corrected chi connectivity index (χ2v) is 4.55. The smallest absolute Gasteiger partial charge is 0.248 e.